The van der Waals surface area contributed by atoms with Gasteiger partial charge in [0.2, 0.25) is 0 Å². The number of hydrogen-bond donors (Lipinski definition) is 1. The van der Waals surface area contributed by atoms with E-state index in [0.717, 1.165) is 30.2 Å². The number of amides is 1. The summed E-state index contributed by atoms with van der Waals surface area (Å²) in [5.41, 5.74) is 1.51. The highest BCUT2D eigenvalue weighted by Crippen LogP contribution is 2.42. The summed E-state index contributed by atoms with van der Waals surface area (Å²) in [6.45, 7) is 10.0. The van der Waals surface area contributed by atoms with Crippen molar-refractivity contribution in [3.8, 4) is 0 Å². The first-order valence-electron chi connectivity index (χ1n) is 10.2. The average Bonchev–Trinajstić information content (AvgIpc) is 2.95. The van der Waals surface area contributed by atoms with E-state index in [4.69, 9.17) is 0 Å². The average molecular weight is 437 g/mol. The van der Waals surface area contributed by atoms with Gasteiger partial charge in [0.25, 0.3) is 15.9 Å². The molecule has 0 aromatic heterocycles. The highest BCUT2D eigenvalue weighted by atomic mass is 32.2. The van der Waals surface area contributed by atoms with Crippen molar-refractivity contribution in [2.45, 2.75) is 38.1 Å². The van der Waals surface area contributed by atoms with Crippen molar-refractivity contribution < 1.29 is 13.2 Å². The van der Waals surface area contributed by atoms with Crippen LogP contribution in [0.3, 0.4) is 0 Å². The second-order valence-electron chi connectivity index (χ2n) is 8.64. The molecule has 3 aliphatic rings. The molecule has 0 radical (unpaired) electrons. The van der Waals surface area contributed by atoms with Crippen LogP contribution in [0.25, 0.3) is 0 Å². The van der Waals surface area contributed by atoms with Crippen LogP contribution in [0.4, 0.5) is 5.69 Å². The van der Waals surface area contributed by atoms with Crippen molar-refractivity contribution in [2.75, 3.05) is 36.8 Å². The lowest BCUT2D eigenvalue weighted by molar-refractivity contribution is 0.0904. The minimum atomic E-state index is -3.38. The predicted molar refractivity (Wildman–Crippen MR) is 117 cm³/mol. The molecule has 0 saturated carbocycles. The van der Waals surface area contributed by atoms with E-state index in [0.29, 0.717) is 29.1 Å². The van der Waals surface area contributed by atoms with E-state index in [2.05, 4.69) is 28.5 Å². The van der Waals surface area contributed by atoms with Crippen molar-refractivity contribution in [3.63, 3.8) is 0 Å². The fourth-order valence-electron chi connectivity index (χ4n) is 4.55. The fraction of sp³-hybridized carbons (Fsp3) is 0.600. The van der Waals surface area contributed by atoms with E-state index in [1.807, 2.05) is 24.0 Å². The van der Waals surface area contributed by atoms with Crippen molar-refractivity contribution in [2.24, 2.45) is 16.2 Å². The van der Waals surface area contributed by atoms with Gasteiger partial charge in [-0.15, -0.1) is 4.40 Å². The third kappa shape index (κ3) is 4.62. The molecule has 29 heavy (non-hydrogen) atoms. The number of amidine groups is 1. The van der Waals surface area contributed by atoms with Crippen LogP contribution < -0.4 is 10.2 Å². The van der Waals surface area contributed by atoms with Gasteiger partial charge in [-0.3, -0.25) is 4.79 Å². The van der Waals surface area contributed by atoms with Crippen LogP contribution >= 0.6 is 11.8 Å². The number of rotatable bonds is 4. The summed E-state index contributed by atoms with van der Waals surface area (Å²) in [7, 11) is -3.38. The number of carbonyl (C=O) groups is 1. The van der Waals surface area contributed by atoms with Crippen LogP contribution in [-0.2, 0) is 10.0 Å². The number of anilines is 1. The number of thioether (sulfide) groups is 1. The van der Waals surface area contributed by atoms with Crippen molar-refractivity contribution in [1.29, 1.82) is 0 Å². The number of nitrogens with one attached hydrogen (secondary N) is 1. The van der Waals surface area contributed by atoms with E-state index in [1.165, 1.54) is 18.2 Å². The minimum absolute atomic E-state index is 0.0178. The Hall–Kier alpha value is -1.58. The number of nitrogens with zero attached hydrogens (tertiary/aromatic N) is 3. The molecule has 1 aromatic carbocycles. The number of fused-ring (bicyclic) bond motifs is 3. The zero-order chi connectivity index (χ0) is 20.8. The van der Waals surface area contributed by atoms with E-state index in [1.54, 1.807) is 6.07 Å². The normalized spacial score (nSPS) is 27.0. The molecular formula is C20H28N4O3S2. The number of sulfonamides is 1. The monoisotopic (exact) mass is 436 g/mol. The first-order valence-corrected chi connectivity index (χ1v) is 12.6. The Morgan fingerprint density at radius 1 is 1.31 bits per heavy atom. The molecule has 3 aliphatic heterocycles. The van der Waals surface area contributed by atoms with Crippen LogP contribution in [0, 0.1) is 11.8 Å². The van der Waals surface area contributed by atoms with Crippen LogP contribution in [0.5, 0.6) is 0 Å². The first-order chi connectivity index (χ1) is 13.7. The van der Waals surface area contributed by atoms with E-state index in [9.17, 15) is 13.2 Å². The van der Waals surface area contributed by atoms with Crippen LogP contribution in [-0.4, -0.2) is 62.4 Å². The Balaban J connectivity index is 1.41. The van der Waals surface area contributed by atoms with Crippen molar-refractivity contribution in [1.82, 2.24) is 10.2 Å². The molecule has 0 spiro atoms. The third-order valence-corrected chi connectivity index (χ3v) is 7.90. The fourth-order valence-corrected chi connectivity index (χ4v) is 6.85. The topological polar surface area (TPSA) is 82.1 Å². The predicted octanol–water partition coefficient (Wildman–Crippen LogP) is 2.39. The Morgan fingerprint density at radius 2 is 2.03 bits per heavy atom. The van der Waals surface area contributed by atoms with Gasteiger partial charge >= 0.3 is 0 Å². The van der Waals surface area contributed by atoms with E-state index < -0.39 is 10.0 Å². The van der Waals surface area contributed by atoms with Crippen LogP contribution in [0.2, 0.25) is 0 Å². The second-order valence-corrected chi connectivity index (χ2v) is 11.4. The lowest BCUT2D eigenvalue weighted by Gasteiger charge is -2.36. The summed E-state index contributed by atoms with van der Waals surface area (Å²) in [5.74, 6) is 1.31. The summed E-state index contributed by atoms with van der Waals surface area (Å²) < 4.78 is 27.4. The molecule has 9 heteroatoms. The molecule has 7 nitrogen and oxygen atoms in total. The summed E-state index contributed by atoms with van der Waals surface area (Å²) in [6, 6.07) is 5.58. The van der Waals surface area contributed by atoms with Gasteiger partial charge in [-0.1, -0.05) is 13.8 Å². The number of benzene rings is 1. The summed E-state index contributed by atoms with van der Waals surface area (Å²) in [5, 5.41) is 3.59. The number of hydrogen-bond acceptors (Lipinski definition) is 6. The quantitative estimate of drug-likeness (QED) is 0.781. The molecule has 3 unspecified atom stereocenters. The zero-order valence-corrected chi connectivity index (χ0v) is 18.7. The number of piperidine rings is 1. The molecule has 1 aromatic rings. The van der Waals surface area contributed by atoms with Gasteiger partial charge in [-0.25, -0.2) is 8.42 Å². The molecule has 0 bridgehead atoms. The van der Waals surface area contributed by atoms with Crippen molar-refractivity contribution >= 4 is 38.5 Å². The highest BCUT2D eigenvalue weighted by Gasteiger charge is 2.33. The van der Waals surface area contributed by atoms with Gasteiger partial charge in [0, 0.05) is 42.7 Å². The molecular weight excluding hydrogens is 408 g/mol. The maximum Gasteiger partial charge on any atom is 0.257 e. The van der Waals surface area contributed by atoms with Crippen molar-refractivity contribution in [3.05, 3.63) is 23.8 Å². The molecule has 4 rings (SSSR count). The van der Waals surface area contributed by atoms with Gasteiger partial charge in [0.1, 0.15) is 0 Å². The van der Waals surface area contributed by atoms with E-state index >= 15 is 0 Å². The largest absolute Gasteiger partial charge is 0.348 e. The van der Waals surface area contributed by atoms with E-state index in [-0.39, 0.29) is 17.7 Å². The number of carbonyl (C=O) groups excluding carboxylic acids is 1. The Labute approximate surface area is 177 Å². The van der Waals surface area contributed by atoms with Gasteiger partial charge < -0.3 is 15.1 Å². The van der Waals surface area contributed by atoms with Gasteiger partial charge in [0.05, 0.1) is 11.4 Å². The van der Waals surface area contributed by atoms with Gasteiger partial charge in [-0.05, 0) is 55.1 Å². The van der Waals surface area contributed by atoms with Gasteiger partial charge in [-0.2, -0.15) is 0 Å². The van der Waals surface area contributed by atoms with Gasteiger partial charge in [0.15, 0.2) is 5.17 Å². The Bertz CT molecular complexity index is 937. The Kier molecular flexibility index (Phi) is 5.65. The molecule has 3 atom stereocenters. The molecule has 3 heterocycles. The first kappa shape index (κ1) is 20.7. The lowest BCUT2D eigenvalue weighted by Crippen LogP contribution is -2.47. The standard InChI is InChI=1S/C20H28N4O3S2/c1-13-8-14(2)11-23(10-13)12-15(3)21-19(25)16-4-5-17-18(9-16)28-20-22-29(26,27)7-6-24(17)20/h4-5,9,13-15H,6-8,10-12H2,1-3H3,(H,21,25). The molecule has 158 valence electrons. The lowest BCUT2D eigenvalue weighted by atomic mass is 9.92. The summed E-state index contributed by atoms with van der Waals surface area (Å²) in [6.07, 6.45) is 1.27. The summed E-state index contributed by atoms with van der Waals surface area (Å²) >= 11 is 1.31. The third-order valence-electron chi connectivity index (χ3n) is 5.59. The molecule has 1 saturated heterocycles. The number of likely N-dealkylation sites (tertiary alicyclic amines) is 1. The van der Waals surface area contributed by atoms with Crippen LogP contribution in [0.1, 0.15) is 37.6 Å². The summed E-state index contributed by atoms with van der Waals surface area (Å²) in [4.78, 5) is 18.0. The molecule has 0 aliphatic carbocycles. The zero-order valence-electron chi connectivity index (χ0n) is 17.1. The Morgan fingerprint density at radius 3 is 2.76 bits per heavy atom. The smallest absolute Gasteiger partial charge is 0.257 e. The molecule has 1 amide bonds. The maximum absolute atomic E-state index is 12.8. The SMILES string of the molecule is CC1CC(C)CN(CC(C)NC(=O)c2ccc3c(c2)SC2=NS(=O)(=O)CCN23)C1. The maximum atomic E-state index is 12.8. The minimum Gasteiger partial charge on any atom is -0.348 e. The highest BCUT2D eigenvalue weighted by molar-refractivity contribution is 8.15. The van der Waals surface area contributed by atoms with Crippen LogP contribution in [0.15, 0.2) is 27.5 Å². The second kappa shape index (κ2) is 7.92. The molecule has 1 N–H and O–H groups in total. The molecule has 1 fully saturated rings.